The van der Waals surface area contributed by atoms with Gasteiger partial charge in [-0.15, -0.1) is 0 Å². The Morgan fingerprint density at radius 2 is 1.95 bits per heavy atom. The molecular formula is C17H14O4. The van der Waals surface area contributed by atoms with Crippen molar-refractivity contribution in [2.24, 2.45) is 0 Å². The molecule has 0 spiro atoms. The zero-order chi connectivity index (χ0) is 14.8. The van der Waals surface area contributed by atoms with Crippen molar-refractivity contribution >= 4 is 11.9 Å². The van der Waals surface area contributed by atoms with Gasteiger partial charge in [-0.3, -0.25) is 4.79 Å². The second-order valence-electron chi connectivity index (χ2n) is 4.83. The van der Waals surface area contributed by atoms with Gasteiger partial charge < -0.3 is 14.6 Å². The Labute approximate surface area is 122 Å². The molecule has 4 nitrogen and oxygen atoms in total. The lowest BCUT2D eigenvalue weighted by Crippen LogP contribution is -1.95. The summed E-state index contributed by atoms with van der Waals surface area (Å²) in [6, 6.07) is 10.4. The number of hydrogen-bond donors (Lipinski definition) is 1. The van der Waals surface area contributed by atoms with Crippen molar-refractivity contribution in [3.05, 3.63) is 59.2 Å². The fourth-order valence-corrected chi connectivity index (χ4v) is 2.13. The molecule has 3 rings (SSSR count). The highest BCUT2D eigenvalue weighted by Crippen LogP contribution is 2.32. The summed E-state index contributed by atoms with van der Waals surface area (Å²) in [5.41, 5.74) is 2.05. The van der Waals surface area contributed by atoms with Gasteiger partial charge in [0.2, 0.25) is 6.79 Å². The maximum absolute atomic E-state index is 12.1. The van der Waals surface area contributed by atoms with Crippen molar-refractivity contribution in [1.82, 2.24) is 0 Å². The summed E-state index contributed by atoms with van der Waals surface area (Å²) in [5, 5.41) is 9.74. The molecule has 0 amide bonds. The molecule has 1 aliphatic rings. The van der Waals surface area contributed by atoms with E-state index < -0.39 is 0 Å². The van der Waals surface area contributed by atoms with Gasteiger partial charge >= 0.3 is 0 Å². The number of aryl methyl sites for hydroxylation is 1. The lowest BCUT2D eigenvalue weighted by atomic mass is 10.1. The second kappa shape index (κ2) is 5.32. The molecule has 0 aliphatic carbocycles. The van der Waals surface area contributed by atoms with Crippen LogP contribution < -0.4 is 9.47 Å². The average molecular weight is 282 g/mol. The number of rotatable bonds is 3. The van der Waals surface area contributed by atoms with Crippen LogP contribution in [0.15, 0.2) is 42.5 Å². The van der Waals surface area contributed by atoms with Crippen LogP contribution in [-0.2, 0) is 0 Å². The zero-order valence-electron chi connectivity index (χ0n) is 11.5. The summed E-state index contributed by atoms with van der Waals surface area (Å²) in [4.78, 5) is 12.1. The third-order valence-electron chi connectivity index (χ3n) is 3.24. The molecule has 4 heteroatoms. The van der Waals surface area contributed by atoms with E-state index in [1.54, 1.807) is 24.3 Å². The third kappa shape index (κ3) is 2.74. The van der Waals surface area contributed by atoms with Crippen LogP contribution in [0.1, 0.15) is 21.5 Å². The topological polar surface area (TPSA) is 55.8 Å². The minimum atomic E-state index is -0.242. The Morgan fingerprint density at radius 3 is 2.81 bits per heavy atom. The van der Waals surface area contributed by atoms with Gasteiger partial charge in [-0.25, -0.2) is 0 Å². The largest absolute Gasteiger partial charge is 0.507 e. The first-order valence-corrected chi connectivity index (χ1v) is 6.55. The highest BCUT2D eigenvalue weighted by atomic mass is 16.7. The summed E-state index contributed by atoms with van der Waals surface area (Å²) >= 11 is 0. The number of carbonyl (C=O) groups is 1. The number of ketones is 1. The number of carbonyl (C=O) groups excluding carboxylic acids is 1. The Kier molecular flexibility index (Phi) is 3.36. The summed E-state index contributed by atoms with van der Waals surface area (Å²) in [7, 11) is 0. The minimum absolute atomic E-state index is 0.0130. The molecule has 1 N–H and O–H groups in total. The molecular weight excluding hydrogens is 268 g/mol. The molecule has 106 valence electrons. The van der Waals surface area contributed by atoms with E-state index in [1.807, 2.05) is 19.1 Å². The Balaban J connectivity index is 1.82. The average Bonchev–Trinajstić information content (AvgIpc) is 2.94. The molecule has 0 bridgehead atoms. The van der Waals surface area contributed by atoms with Crippen molar-refractivity contribution in [2.75, 3.05) is 6.79 Å². The van der Waals surface area contributed by atoms with Gasteiger partial charge in [0.25, 0.3) is 0 Å². The summed E-state index contributed by atoms with van der Waals surface area (Å²) < 4.78 is 10.5. The predicted molar refractivity (Wildman–Crippen MR) is 78.8 cm³/mol. The maximum atomic E-state index is 12.1. The number of allylic oxidation sites excluding steroid dienone is 1. The van der Waals surface area contributed by atoms with Gasteiger partial charge in [0, 0.05) is 0 Å². The second-order valence-corrected chi connectivity index (χ2v) is 4.83. The summed E-state index contributed by atoms with van der Waals surface area (Å²) in [5.74, 6) is 1.12. The molecule has 0 aromatic heterocycles. The minimum Gasteiger partial charge on any atom is -0.507 e. The van der Waals surface area contributed by atoms with Crippen molar-refractivity contribution in [2.45, 2.75) is 6.92 Å². The maximum Gasteiger partial charge on any atom is 0.231 e. The van der Waals surface area contributed by atoms with Gasteiger partial charge in [0.05, 0.1) is 5.56 Å². The number of ether oxygens (including phenoxy) is 2. The van der Waals surface area contributed by atoms with Crippen LogP contribution in [0.25, 0.3) is 6.08 Å². The third-order valence-corrected chi connectivity index (χ3v) is 3.24. The number of phenols is 1. The SMILES string of the molecule is Cc1ccc(O)c(C(=O)/C=C/c2ccc3c(c2)OCO3)c1. The lowest BCUT2D eigenvalue weighted by molar-refractivity contribution is 0.104. The number of fused-ring (bicyclic) bond motifs is 1. The normalized spacial score (nSPS) is 12.8. The zero-order valence-corrected chi connectivity index (χ0v) is 11.5. The first kappa shape index (κ1) is 13.2. The van der Waals surface area contributed by atoms with Crippen LogP contribution in [0.5, 0.6) is 17.2 Å². The van der Waals surface area contributed by atoms with Crippen LogP contribution in [0.4, 0.5) is 0 Å². The quantitative estimate of drug-likeness (QED) is 0.693. The lowest BCUT2D eigenvalue weighted by Gasteiger charge is -2.02. The predicted octanol–water partition coefficient (Wildman–Crippen LogP) is 3.33. The molecule has 1 heterocycles. The summed E-state index contributed by atoms with van der Waals surface area (Å²) in [6.45, 7) is 2.09. The van der Waals surface area contributed by atoms with Gasteiger partial charge in [-0.2, -0.15) is 0 Å². The van der Waals surface area contributed by atoms with Crippen molar-refractivity contribution < 1.29 is 19.4 Å². The molecule has 0 saturated carbocycles. The Hall–Kier alpha value is -2.75. The Morgan fingerprint density at radius 1 is 1.14 bits per heavy atom. The molecule has 1 aliphatic heterocycles. The van der Waals surface area contributed by atoms with E-state index in [1.165, 1.54) is 12.1 Å². The summed E-state index contributed by atoms with van der Waals surface area (Å²) in [6.07, 6.45) is 3.12. The number of benzene rings is 2. The highest BCUT2D eigenvalue weighted by Gasteiger charge is 2.13. The van der Waals surface area contributed by atoms with Crippen LogP contribution in [0, 0.1) is 6.92 Å². The van der Waals surface area contributed by atoms with E-state index in [2.05, 4.69) is 0 Å². The monoisotopic (exact) mass is 282 g/mol. The van der Waals surface area contributed by atoms with Crippen molar-refractivity contribution in [1.29, 1.82) is 0 Å². The number of phenolic OH excluding ortho intramolecular Hbond substituents is 1. The molecule has 2 aromatic carbocycles. The van der Waals surface area contributed by atoms with Gasteiger partial charge in [-0.1, -0.05) is 23.8 Å². The van der Waals surface area contributed by atoms with E-state index >= 15 is 0 Å². The number of aromatic hydroxyl groups is 1. The fourth-order valence-electron chi connectivity index (χ4n) is 2.13. The molecule has 0 unspecified atom stereocenters. The van der Waals surface area contributed by atoms with E-state index in [0.717, 1.165) is 11.1 Å². The molecule has 0 fully saturated rings. The van der Waals surface area contributed by atoms with E-state index in [-0.39, 0.29) is 18.3 Å². The molecule has 0 radical (unpaired) electrons. The first-order chi connectivity index (χ1) is 10.1. The smallest absolute Gasteiger partial charge is 0.231 e. The van der Waals surface area contributed by atoms with Gasteiger partial charge in [-0.05, 0) is 42.8 Å². The van der Waals surface area contributed by atoms with Crippen LogP contribution >= 0.6 is 0 Å². The van der Waals surface area contributed by atoms with E-state index in [0.29, 0.717) is 17.1 Å². The van der Waals surface area contributed by atoms with Crippen molar-refractivity contribution in [3.8, 4) is 17.2 Å². The van der Waals surface area contributed by atoms with Crippen LogP contribution in [0.3, 0.4) is 0 Å². The highest BCUT2D eigenvalue weighted by molar-refractivity contribution is 6.08. The van der Waals surface area contributed by atoms with Gasteiger partial charge in [0.15, 0.2) is 17.3 Å². The number of hydrogen-bond acceptors (Lipinski definition) is 4. The van der Waals surface area contributed by atoms with Crippen molar-refractivity contribution in [3.63, 3.8) is 0 Å². The molecule has 0 saturated heterocycles. The van der Waals surface area contributed by atoms with E-state index in [4.69, 9.17) is 9.47 Å². The van der Waals surface area contributed by atoms with Gasteiger partial charge in [0.1, 0.15) is 5.75 Å². The molecule has 2 aromatic rings. The van der Waals surface area contributed by atoms with Crippen LogP contribution in [0.2, 0.25) is 0 Å². The molecule has 21 heavy (non-hydrogen) atoms. The first-order valence-electron chi connectivity index (χ1n) is 6.55. The van der Waals surface area contributed by atoms with E-state index in [9.17, 15) is 9.90 Å². The molecule has 0 atom stereocenters. The Bertz CT molecular complexity index is 732. The standard InChI is InChI=1S/C17H14O4/c1-11-2-5-14(18)13(8-11)15(19)6-3-12-4-7-16-17(9-12)21-10-20-16/h2-9,18H,10H2,1H3/b6-3+. The van der Waals surface area contributed by atoms with Crippen LogP contribution in [-0.4, -0.2) is 17.7 Å². The fraction of sp³-hybridized carbons (Fsp3) is 0.118.